The summed E-state index contributed by atoms with van der Waals surface area (Å²) >= 11 is 6.09. The Morgan fingerprint density at radius 1 is 0.947 bits per heavy atom. The van der Waals surface area contributed by atoms with Crippen LogP contribution in [0.2, 0.25) is 0 Å². The largest absolute Gasteiger partial charge is 0.481 e. The van der Waals surface area contributed by atoms with Gasteiger partial charge in [-0.15, -0.1) is 11.6 Å². The van der Waals surface area contributed by atoms with Crippen LogP contribution in [0, 0.1) is 5.41 Å². The molecule has 0 aliphatic rings. The molecule has 0 radical (unpaired) electrons. The maximum atomic E-state index is 11.6. The molecule has 0 spiro atoms. The number of hydrogen-bond acceptors (Lipinski definition) is 5. The van der Waals surface area contributed by atoms with Gasteiger partial charge in [0.15, 0.2) is 4.87 Å². The molecule has 0 aliphatic carbocycles. The number of hydrogen-bond donors (Lipinski definition) is 5. The van der Waals surface area contributed by atoms with Gasteiger partial charge in [0.05, 0.1) is 5.41 Å². The topological polar surface area (TPSA) is 111 Å². The van der Waals surface area contributed by atoms with Crippen LogP contribution >= 0.6 is 11.6 Å². The average Bonchev–Trinajstić information content (AvgIpc) is 2.29. The molecule has 5 N–H and O–H groups in total. The third kappa shape index (κ3) is 4.61. The molecule has 8 heteroatoms. The molecule has 7 nitrogen and oxygen atoms in total. The normalized spacial score (nSPS) is 14.9. The van der Waals surface area contributed by atoms with Gasteiger partial charge in [-0.1, -0.05) is 0 Å². The second kappa shape index (κ2) is 7.64. The Labute approximate surface area is 117 Å². The lowest BCUT2D eigenvalue weighted by molar-refractivity contribution is -0.151. The fourth-order valence-corrected chi connectivity index (χ4v) is 2.51. The third-order valence-corrected chi connectivity index (χ3v) is 3.37. The Morgan fingerprint density at radius 3 is 1.63 bits per heavy atom. The highest BCUT2D eigenvalue weighted by atomic mass is 35.5. The maximum Gasteiger partial charge on any atom is 0.326 e. The van der Waals surface area contributed by atoms with Crippen molar-refractivity contribution in [2.24, 2.45) is 5.41 Å². The van der Waals surface area contributed by atoms with E-state index in [-0.39, 0.29) is 26.1 Å². The van der Waals surface area contributed by atoms with Crippen molar-refractivity contribution in [3.8, 4) is 0 Å². The average molecular weight is 296 g/mol. The molecule has 0 saturated carbocycles. The first kappa shape index (κ1) is 18.1. The molecule has 0 aromatic carbocycles. The number of carboxylic acids is 2. The van der Waals surface area contributed by atoms with E-state index in [0.29, 0.717) is 0 Å². The molecule has 0 amide bonds. The molecule has 19 heavy (non-hydrogen) atoms. The van der Waals surface area contributed by atoms with Crippen molar-refractivity contribution in [2.45, 2.75) is 11.3 Å². The number of carbonyl (C=O) groups is 2. The zero-order chi connectivity index (χ0) is 15.1. The van der Waals surface area contributed by atoms with Crippen molar-refractivity contribution in [1.82, 2.24) is 16.0 Å². The zero-order valence-electron chi connectivity index (χ0n) is 11.4. The van der Waals surface area contributed by atoms with Crippen molar-refractivity contribution >= 4 is 23.5 Å². The zero-order valence-corrected chi connectivity index (χ0v) is 12.2. The number of alkyl halides is 1. The van der Waals surface area contributed by atoms with Crippen molar-refractivity contribution in [2.75, 3.05) is 40.8 Å². The van der Waals surface area contributed by atoms with Crippen LogP contribution in [-0.2, 0) is 9.59 Å². The van der Waals surface area contributed by atoms with Crippen molar-refractivity contribution in [3.05, 3.63) is 0 Å². The Bertz CT molecular complexity index is 321. The van der Waals surface area contributed by atoms with Gasteiger partial charge in [-0.05, 0) is 27.6 Å². The molecule has 0 bridgehead atoms. The molecule has 0 saturated heterocycles. The van der Waals surface area contributed by atoms with Crippen molar-refractivity contribution in [3.63, 3.8) is 0 Å². The first-order valence-corrected chi connectivity index (χ1v) is 6.25. The van der Waals surface area contributed by atoms with Crippen LogP contribution in [0.15, 0.2) is 0 Å². The lowest BCUT2D eigenvalue weighted by Gasteiger charge is -2.35. The highest BCUT2D eigenvalue weighted by Gasteiger charge is 2.48. The van der Waals surface area contributed by atoms with E-state index in [9.17, 15) is 19.8 Å². The van der Waals surface area contributed by atoms with E-state index in [0.717, 1.165) is 0 Å². The van der Waals surface area contributed by atoms with Gasteiger partial charge in [0.25, 0.3) is 0 Å². The molecule has 0 fully saturated rings. The standard InChI is InChI=1S/C11H22ClN3O4/c1-13-5-10(6-14-2,8(16)17)4-11(12,7-15-3)9(18)19/h13-15H,4-7H2,1-3H3,(H,16,17)(H,18,19). The maximum absolute atomic E-state index is 11.6. The summed E-state index contributed by atoms with van der Waals surface area (Å²) in [6.07, 6.45) is -0.200. The first-order valence-electron chi connectivity index (χ1n) is 5.87. The predicted octanol–water partition coefficient (Wildman–Crippen LogP) is -0.832. The fourth-order valence-electron chi connectivity index (χ4n) is 2.12. The Morgan fingerprint density at radius 2 is 1.37 bits per heavy atom. The summed E-state index contributed by atoms with van der Waals surface area (Å²) in [5, 5.41) is 26.9. The number of halogens is 1. The lowest BCUT2D eigenvalue weighted by atomic mass is 9.78. The van der Waals surface area contributed by atoms with Crippen LogP contribution in [0.25, 0.3) is 0 Å². The van der Waals surface area contributed by atoms with E-state index in [2.05, 4.69) is 16.0 Å². The van der Waals surface area contributed by atoms with Crippen LogP contribution in [0.4, 0.5) is 0 Å². The molecule has 112 valence electrons. The predicted molar refractivity (Wildman–Crippen MR) is 72.7 cm³/mol. The smallest absolute Gasteiger partial charge is 0.326 e. The molecule has 1 atom stereocenters. The minimum atomic E-state index is -1.67. The molecule has 1 unspecified atom stereocenters. The van der Waals surface area contributed by atoms with Gasteiger partial charge in [0.2, 0.25) is 0 Å². The van der Waals surface area contributed by atoms with Crippen LogP contribution in [0.5, 0.6) is 0 Å². The lowest BCUT2D eigenvalue weighted by Crippen LogP contribution is -2.54. The van der Waals surface area contributed by atoms with Gasteiger partial charge < -0.3 is 26.2 Å². The number of aliphatic carboxylic acids is 2. The number of rotatable bonds is 10. The fraction of sp³-hybridized carbons (Fsp3) is 0.818. The second-order valence-electron chi connectivity index (χ2n) is 4.62. The number of nitrogens with one attached hydrogen (secondary N) is 3. The summed E-state index contributed by atoms with van der Waals surface area (Å²) in [6.45, 7) is 0.218. The number of carboxylic acid groups (broad SMARTS) is 2. The highest BCUT2D eigenvalue weighted by molar-refractivity contribution is 6.34. The molecule has 0 rings (SSSR count). The van der Waals surface area contributed by atoms with E-state index >= 15 is 0 Å². The monoisotopic (exact) mass is 295 g/mol. The quantitative estimate of drug-likeness (QED) is 0.334. The summed E-state index contributed by atoms with van der Waals surface area (Å²) in [6, 6.07) is 0. The summed E-state index contributed by atoms with van der Waals surface area (Å²) < 4.78 is 0. The van der Waals surface area contributed by atoms with Gasteiger partial charge in [0.1, 0.15) is 0 Å². The van der Waals surface area contributed by atoms with Gasteiger partial charge in [-0.25, -0.2) is 0 Å². The van der Waals surface area contributed by atoms with E-state index < -0.39 is 22.2 Å². The first-order chi connectivity index (χ1) is 8.78. The van der Waals surface area contributed by atoms with E-state index in [1.165, 1.54) is 0 Å². The summed E-state index contributed by atoms with van der Waals surface area (Å²) in [5.74, 6) is -2.32. The van der Waals surface area contributed by atoms with E-state index in [1.54, 1.807) is 21.1 Å². The molecular formula is C11H22ClN3O4. The molecule has 0 aliphatic heterocycles. The molecule has 0 aromatic heterocycles. The van der Waals surface area contributed by atoms with Gasteiger partial charge in [0, 0.05) is 19.6 Å². The van der Waals surface area contributed by atoms with Gasteiger partial charge >= 0.3 is 11.9 Å². The molecular weight excluding hydrogens is 274 g/mol. The SMILES string of the molecule is CNCC(Cl)(CC(CNC)(CNC)C(=O)O)C(=O)O. The van der Waals surface area contributed by atoms with Crippen LogP contribution in [0.3, 0.4) is 0 Å². The second-order valence-corrected chi connectivity index (χ2v) is 5.35. The van der Waals surface area contributed by atoms with Gasteiger partial charge in [-0.3, -0.25) is 9.59 Å². The van der Waals surface area contributed by atoms with Crippen LogP contribution < -0.4 is 16.0 Å². The van der Waals surface area contributed by atoms with Crippen molar-refractivity contribution < 1.29 is 19.8 Å². The van der Waals surface area contributed by atoms with E-state index in [4.69, 9.17) is 11.6 Å². The Kier molecular flexibility index (Phi) is 7.28. The Hall–Kier alpha value is -0.890. The van der Waals surface area contributed by atoms with Crippen LogP contribution in [-0.4, -0.2) is 67.8 Å². The van der Waals surface area contributed by atoms with Gasteiger partial charge in [-0.2, -0.15) is 0 Å². The molecule has 0 heterocycles. The van der Waals surface area contributed by atoms with E-state index in [1.807, 2.05) is 0 Å². The third-order valence-electron chi connectivity index (χ3n) is 2.94. The van der Waals surface area contributed by atoms with Crippen LogP contribution in [0.1, 0.15) is 6.42 Å². The summed E-state index contributed by atoms with van der Waals surface area (Å²) in [4.78, 5) is 21.2. The minimum Gasteiger partial charge on any atom is -0.481 e. The highest BCUT2D eigenvalue weighted by Crippen LogP contribution is 2.33. The Balaban J connectivity index is 5.36. The molecule has 0 aromatic rings. The minimum absolute atomic E-state index is 0.0215. The summed E-state index contributed by atoms with van der Waals surface area (Å²) in [7, 11) is 4.79. The summed E-state index contributed by atoms with van der Waals surface area (Å²) in [5.41, 5.74) is -1.29. The van der Waals surface area contributed by atoms with Crippen molar-refractivity contribution in [1.29, 1.82) is 0 Å².